The average molecular weight is 307 g/mol. The van der Waals surface area contributed by atoms with Crippen LogP contribution >= 0.6 is 0 Å². The van der Waals surface area contributed by atoms with Crippen molar-refractivity contribution < 1.29 is 13.9 Å². The first kappa shape index (κ1) is 15.1. The number of rotatable bonds is 4. The van der Waals surface area contributed by atoms with Crippen LogP contribution in [0.25, 0.3) is 11.3 Å². The zero-order valence-corrected chi connectivity index (χ0v) is 12.4. The van der Waals surface area contributed by atoms with E-state index in [0.29, 0.717) is 13.1 Å². The number of halogens is 2. The summed E-state index contributed by atoms with van der Waals surface area (Å²) >= 11 is 0. The maximum absolute atomic E-state index is 12.9. The minimum Gasteiger partial charge on any atom is -0.383 e. The van der Waals surface area contributed by atoms with Crippen LogP contribution in [-0.4, -0.2) is 44.9 Å². The second-order valence-electron chi connectivity index (χ2n) is 5.86. The number of benzene rings is 1. The van der Waals surface area contributed by atoms with E-state index in [0.717, 1.165) is 16.8 Å². The van der Waals surface area contributed by atoms with Crippen molar-refractivity contribution in [3.8, 4) is 11.3 Å². The van der Waals surface area contributed by atoms with Crippen molar-refractivity contribution in [1.29, 1.82) is 0 Å². The van der Waals surface area contributed by atoms with Crippen molar-refractivity contribution in [2.75, 3.05) is 13.1 Å². The smallest absolute Gasteiger partial charge is 0.268 e. The van der Waals surface area contributed by atoms with Gasteiger partial charge in [0.05, 0.1) is 5.69 Å². The second kappa shape index (κ2) is 5.78. The van der Waals surface area contributed by atoms with Gasteiger partial charge in [0, 0.05) is 38.4 Å². The summed E-state index contributed by atoms with van der Waals surface area (Å²) in [6.45, 7) is 1.02. The normalized spacial score (nSPS) is 22.6. The number of hydrogen-bond acceptors (Lipinski definition) is 3. The van der Waals surface area contributed by atoms with E-state index in [2.05, 4.69) is 5.10 Å². The Morgan fingerprint density at radius 3 is 2.73 bits per heavy atom. The Bertz CT molecular complexity index is 658. The van der Waals surface area contributed by atoms with E-state index in [-0.39, 0.29) is 13.0 Å². The summed E-state index contributed by atoms with van der Waals surface area (Å²) in [6.07, 6.45) is -0.861. The van der Waals surface area contributed by atoms with Crippen LogP contribution in [0, 0.1) is 0 Å². The van der Waals surface area contributed by atoms with Crippen LogP contribution in [0.3, 0.4) is 0 Å². The summed E-state index contributed by atoms with van der Waals surface area (Å²) in [5.74, 6) is 0. The summed E-state index contributed by atoms with van der Waals surface area (Å²) in [5.41, 5.74) is 1.19. The molecule has 1 fully saturated rings. The Morgan fingerprint density at radius 2 is 2.09 bits per heavy atom. The van der Waals surface area contributed by atoms with Crippen LogP contribution in [0.2, 0.25) is 0 Å². The SMILES string of the molecule is Cn1nccc1-c1ccccc1CN1CC[C@@](O)(C(F)F)C1. The Hall–Kier alpha value is -1.79. The molecule has 4 nitrogen and oxygen atoms in total. The van der Waals surface area contributed by atoms with Crippen molar-refractivity contribution in [2.45, 2.75) is 25.0 Å². The Kier molecular flexibility index (Phi) is 3.97. The largest absolute Gasteiger partial charge is 0.383 e. The number of aryl methyl sites for hydroxylation is 1. The zero-order chi connectivity index (χ0) is 15.7. The fourth-order valence-corrected chi connectivity index (χ4v) is 3.00. The van der Waals surface area contributed by atoms with E-state index in [4.69, 9.17) is 0 Å². The minimum absolute atomic E-state index is 0.00435. The minimum atomic E-state index is -2.70. The highest BCUT2D eigenvalue weighted by Gasteiger charge is 2.43. The first-order valence-electron chi connectivity index (χ1n) is 7.29. The Labute approximate surface area is 128 Å². The van der Waals surface area contributed by atoms with Gasteiger partial charge in [0.2, 0.25) is 0 Å². The van der Waals surface area contributed by atoms with E-state index in [1.807, 2.05) is 42.3 Å². The maximum atomic E-state index is 12.9. The highest BCUT2D eigenvalue weighted by Crippen LogP contribution is 2.30. The molecule has 0 radical (unpaired) electrons. The molecule has 1 aromatic heterocycles. The maximum Gasteiger partial charge on any atom is 0.268 e. The molecule has 0 amide bonds. The Balaban J connectivity index is 1.82. The number of β-amino-alcohol motifs (C(OH)–C–C–N with tert-alkyl or cyclic N) is 1. The molecule has 1 aliphatic rings. The first-order valence-corrected chi connectivity index (χ1v) is 7.29. The molecule has 0 spiro atoms. The van der Waals surface area contributed by atoms with Crippen molar-refractivity contribution in [3.05, 3.63) is 42.1 Å². The molecule has 0 bridgehead atoms. The molecule has 1 aromatic carbocycles. The predicted molar refractivity (Wildman–Crippen MR) is 79.5 cm³/mol. The van der Waals surface area contributed by atoms with Crippen molar-refractivity contribution >= 4 is 0 Å². The third-order valence-corrected chi connectivity index (χ3v) is 4.27. The number of nitrogens with zero attached hydrogens (tertiary/aromatic N) is 3. The van der Waals surface area contributed by atoms with Gasteiger partial charge in [-0.2, -0.15) is 5.10 Å². The Morgan fingerprint density at radius 1 is 1.32 bits per heavy atom. The van der Waals surface area contributed by atoms with Gasteiger partial charge in [0.1, 0.15) is 5.60 Å². The van der Waals surface area contributed by atoms with Crippen LogP contribution in [0.5, 0.6) is 0 Å². The molecular formula is C16H19F2N3O. The molecule has 2 heterocycles. The number of hydrogen-bond donors (Lipinski definition) is 1. The van der Waals surface area contributed by atoms with Crippen LogP contribution in [0.1, 0.15) is 12.0 Å². The summed E-state index contributed by atoms with van der Waals surface area (Å²) in [4.78, 5) is 1.88. The van der Waals surface area contributed by atoms with Gasteiger partial charge in [-0.05, 0) is 18.1 Å². The fourth-order valence-electron chi connectivity index (χ4n) is 3.00. The van der Waals surface area contributed by atoms with E-state index in [1.54, 1.807) is 10.9 Å². The summed E-state index contributed by atoms with van der Waals surface area (Å²) in [6, 6.07) is 9.80. The lowest BCUT2D eigenvalue weighted by Gasteiger charge is -2.23. The molecule has 6 heteroatoms. The van der Waals surface area contributed by atoms with Gasteiger partial charge >= 0.3 is 0 Å². The number of aliphatic hydroxyl groups is 1. The lowest BCUT2D eigenvalue weighted by Crippen LogP contribution is -2.40. The zero-order valence-electron chi connectivity index (χ0n) is 12.4. The van der Waals surface area contributed by atoms with E-state index in [9.17, 15) is 13.9 Å². The van der Waals surface area contributed by atoms with Gasteiger partial charge in [0.15, 0.2) is 0 Å². The summed E-state index contributed by atoms with van der Waals surface area (Å²) in [5, 5.41) is 14.1. The number of aromatic nitrogens is 2. The van der Waals surface area contributed by atoms with Crippen LogP contribution in [-0.2, 0) is 13.6 Å². The number of likely N-dealkylation sites (tertiary alicyclic amines) is 1. The predicted octanol–water partition coefficient (Wildman–Crippen LogP) is 2.29. The van der Waals surface area contributed by atoms with Gasteiger partial charge in [0.25, 0.3) is 6.43 Å². The average Bonchev–Trinajstić information content (AvgIpc) is 3.07. The van der Waals surface area contributed by atoms with Gasteiger partial charge in [-0.25, -0.2) is 8.78 Å². The summed E-state index contributed by atoms with van der Waals surface area (Å²) in [7, 11) is 1.87. The van der Waals surface area contributed by atoms with Crippen molar-refractivity contribution in [1.82, 2.24) is 14.7 Å². The highest BCUT2D eigenvalue weighted by molar-refractivity contribution is 5.63. The monoisotopic (exact) mass is 307 g/mol. The van der Waals surface area contributed by atoms with Crippen LogP contribution in [0.15, 0.2) is 36.5 Å². The van der Waals surface area contributed by atoms with Gasteiger partial charge in [-0.3, -0.25) is 9.58 Å². The molecular weight excluding hydrogens is 288 g/mol. The van der Waals surface area contributed by atoms with Crippen LogP contribution < -0.4 is 0 Å². The van der Waals surface area contributed by atoms with Crippen molar-refractivity contribution in [2.24, 2.45) is 7.05 Å². The van der Waals surface area contributed by atoms with E-state index >= 15 is 0 Å². The molecule has 1 saturated heterocycles. The molecule has 1 N–H and O–H groups in total. The third kappa shape index (κ3) is 2.76. The first-order chi connectivity index (χ1) is 10.5. The molecule has 0 unspecified atom stereocenters. The molecule has 2 aromatic rings. The van der Waals surface area contributed by atoms with Gasteiger partial charge in [-0.15, -0.1) is 0 Å². The lowest BCUT2D eigenvalue weighted by molar-refractivity contribution is -0.0872. The van der Waals surface area contributed by atoms with E-state index in [1.165, 1.54) is 0 Å². The molecule has 0 aliphatic carbocycles. The third-order valence-electron chi connectivity index (χ3n) is 4.27. The fraction of sp³-hybridized carbons (Fsp3) is 0.438. The van der Waals surface area contributed by atoms with Crippen molar-refractivity contribution in [3.63, 3.8) is 0 Å². The molecule has 3 rings (SSSR count). The van der Waals surface area contributed by atoms with Gasteiger partial charge in [-0.1, -0.05) is 24.3 Å². The standard InChI is InChI=1S/C16H19F2N3O/c1-20-14(6-8-19-20)13-5-3-2-4-12(13)10-21-9-7-16(22,11-21)15(17)18/h2-6,8,15,22H,7,9-11H2,1H3/t16-/m0/s1. The molecule has 1 atom stereocenters. The topological polar surface area (TPSA) is 41.3 Å². The quantitative estimate of drug-likeness (QED) is 0.942. The molecule has 22 heavy (non-hydrogen) atoms. The van der Waals surface area contributed by atoms with Crippen LogP contribution in [0.4, 0.5) is 8.78 Å². The number of alkyl halides is 2. The van der Waals surface area contributed by atoms with E-state index < -0.39 is 12.0 Å². The second-order valence-corrected chi connectivity index (χ2v) is 5.86. The molecule has 118 valence electrons. The summed E-state index contributed by atoms with van der Waals surface area (Å²) < 4.78 is 27.6. The molecule has 0 saturated carbocycles. The lowest BCUT2D eigenvalue weighted by atomic mass is 10.0. The molecule has 1 aliphatic heterocycles. The highest BCUT2D eigenvalue weighted by atomic mass is 19.3. The van der Waals surface area contributed by atoms with Gasteiger partial charge < -0.3 is 5.11 Å².